The number of fused-ring (bicyclic) bond motifs is 2. The molecule has 2 atom stereocenters. The monoisotopic (exact) mass is 327 g/mol. The number of rotatable bonds is 3. The van der Waals surface area contributed by atoms with E-state index in [1.54, 1.807) is 0 Å². The number of para-hydroxylation sites is 1. The van der Waals surface area contributed by atoms with Crippen LogP contribution in [-0.4, -0.2) is 35.1 Å². The third-order valence-corrected chi connectivity index (χ3v) is 6.14. The molecule has 1 aliphatic carbocycles. The van der Waals surface area contributed by atoms with Gasteiger partial charge in [0.1, 0.15) is 0 Å². The Morgan fingerprint density at radius 2 is 1.50 bits per heavy atom. The lowest BCUT2D eigenvalue weighted by atomic mass is 9.80. The molecule has 4 nitrogen and oxygen atoms in total. The quantitative estimate of drug-likeness (QED) is 0.876. The zero-order valence-electron chi connectivity index (χ0n) is 14.4. The van der Waals surface area contributed by atoms with Crippen molar-refractivity contribution in [2.45, 2.75) is 82.0 Å². The Labute approximate surface area is 145 Å². The smallest absolute Gasteiger partial charge is 0.319 e. The summed E-state index contributed by atoms with van der Waals surface area (Å²) in [5, 5.41) is 6.19. The van der Waals surface area contributed by atoms with Crippen LogP contribution in [0.4, 0.5) is 10.5 Å². The Balaban J connectivity index is 1.35. The van der Waals surface area contributed by atoms with E-state index in [1.165, 1.54) is 44.9 Å². The molecule has 1 saturated carbocycles. The van der Waals surface area contributed by atoms with Gasteiger partial charge in [0.2, 0.25) is 0 Å². The molecule has 2 N–H and O–H groups in total. The summed E-state index contributed by atoms with van der Waals surface area (Å²) in [6, 6.07) is 12.2. The lowest BCUT2D eigenvalue weighted by molar-refractivity contribution is -0.00680. The minimum absolute atomic E-state index is 0.0569. The van der Waals surface area contributed by atoms with Gasteiger partial charge in [-0.2, -0.15) is 0 Å². The fourth-order valence-corrected chi connectivity index (χ4v) is 5.21. The van der Waals surface area contributed by atoms with Crippen molar-refractivity contribution in [2.75, 3.05) is 5.32 Å². The number of nitrogens with one attached hydrogen (secondary N) is 2. The second-order valence-electron chi connectivity index (χ2n) is 7.76. The van der Waals surface area contributed by atoms with Crippen LogP contribution in [0.25, 0.3) is 0 Å². The number of amides is 2. The lowest BCUT2D eigenvalue weighted by Gasteiger charge is -2.51. The van der Waals surface area contributed by atoms with Crippen LogP contribution in [0.3, 0.4) is 0 Å². The minimum Gasteiger partial charge on any atom is -0.335 e. The molecule has 1 aromatic carbocycles. The van der Waals surface area contributed by atoms with Gasteiger partial charge in [-0.15, -0.1) is 0 Å². The highest BCUT2D eigenvalue weighted by atomic mass is 16.2. The molecule has 2 bridgehead atoms. The molecule has 4 heteroatoms. The van der Waals surface area contributed by atoms with Gasteiger partial charge in [0.25, 0.3) is 0 Å². The second-order valence-corrected chi connectivity index (χ2v) is 7.76. The molecular weight excluding hydrogens is 298 g/mol. The molecule has 2 aliphatic heterocycles. The molecule has 2 heterocycles. The van der Waals surface area contributed by atoms with Gasteiger partial charge in [-0.3, -0.25) is 4.90 Å². The first kappa shape index (κ1) is 15.9. The fraction of sp³-hybridized carbons (Fsp3) is 0.650. The van der Waals surface area contributed by atoms with Crippen molar-refractivity contribution in [1.82, 2.24) is 10.2 Å². The number of hydrogen-bond donors (Lipinski definition) is 2. The fourth-order valence-electron chi connectivity index (χ4n) is 5.21. The summed E-state index contributed by atoms with van der Waals surface area (Å²) in [5.41, 5.74) is 0.860. The van der Waals surface area contributed by atoms with Gasteiger partial charge in [-0.05, 0) is 50.7 Å². The van der Waals surface area contributed by atoms with Gasteiger partial charge in [-0.1, -0.05) is 37.5 Å². The Morgan fingerprint density at radius 3 is 2.17 bits per heavy atom. The van der Waals surface area contributed by atoms with E-state index in [1.807, 2.05) is 30.3 Å². The number of nitrogens with zero attached hydrogens (tertiary/aromatic N) is 1. The topological polar surface area (TPSA) is 44.4 Å². The zero-order chi connectivity index (χ0) is 16.4. The van der Waals surface area contributed by atoms with Gasteiger partial charge in [0.05, 0.1) is 0 Å². The van der Waals surface area contributed by atoms with E-state index in [-0.39, 0.29) is 6.03 Å². The Bertz CT molecular complexity index is 541. The first-order valence-electron chi connectivity index (χ1n) is 9.69. The van der Waals surface area contributed by atoms with Crippen LogP contribution in [0, 0.1) is 0 Å². The van der Waals surface area contributed by atoms with Crippen molar-refractivity contribution >= 4 is 11.7 Å². The van der Waals surface area contributed by atoms with Crippen LogP contribution in [0.15, 0.2) is 30.3 Å². The summed E-state index contributed by atoms with van der Waals surface area (Å²) in [6.07, 6.45) is 11.8. The number of carbonyl (C=O) groups excluding carboxylic acids is 1. The highest BCUT2D eigenvalue weighted by molar-refractivity contribution is 5.89. The van der Waals surface area contributed by atoms with E-state index in [4.69, 9.17) is 0 Å². The van der Waals surface area contributed by atoms with Gasteiger partial charge >= 0.3 is 6.03 Å². The summed E-state index contributed by atoms with van der Waals surface area (Å²) in [4.78, 5) is 15.2. The number of piperidine rings is 2. The van der Waals surface area contributed by atoms with Gasteiger partial charge in [0, 0.05) is 29.9 Å². The average Bonchev–Trinajstić information content (AvgIpc) is 3.09. The Hall–Kier alpha value is -1.55. The number of carbonyl (C=O) groups is 1. The highest BCUT2D eigenvalue weighted by Crippen LogP contribution is 2.39. The van der Waals surface area contributed by atoms with Crippen LogP contribution in [0.2, 0.25) is 0 Å². The first-order chi connectivity index (χ1) is 11.8. The zero-order valence-corrected chi connectivity index (χ0v) is 14.4. The van der Waals surface area contributed by atoms with E-state index >= 15 is 0 Å². The van der Waals surface area contributed by atoms with Crippen LogP contribution in [-0.2, 0) is 0 Å². The van der Waals surface area contributed by atoms with Crippen molar-refractivity contribution in [1.29, 1.82) is 0 Å². The van der Waals surface area contributed by atoms with E-state index < -0.39 is 0 Å². The molecule has 2 saturated heterocycles. The Kier molecular flexibility index (Phi) is 4.74. The summed E-state index contributed by atoms with van der Waals surface area (Å²) in [5.74, 6) is 0. The molecule has 2 unspecified atom stereocenters. The summed E-state index contributed by atoms with van der Waals surface area (Å²) in [6.45, 7) is 0. The van der Waals surface area contributed by atoms with Crippen molar-refractivity contribution in [3.8, 4) is 0 Å². The van der Waals surface area contributed by atoms with E-state index in [0.717, 1.165) is 24.6 Å². The van der Waals surface area contributed by atoms with Crippen molar-refractivity contribution in [3.63, 3.8) is 0 Å². The van der Waals surface area contributed by atoms with Crippen LogP contribution in [0.1, 0.15) is 57.8 Å². The minimum atomic E-state index is -0.0569. The molecule has 2 amide bonds. The third-order valence-electron chi connectivity index (χ3n) is 6.14. The molecule has 3 aliphatic rings. The largest absolute Gasteiger partial charge is 0.335 e. The number of hydrogen-bond acceptors (Lipinski definition) is 2. The summed E-state index contributed by atoms with van der Waals surface area (Å²) < 4.78 is 0. The van der Waals surface area contributed by atoms with Gasteiger partial charge in [0.15, 0.2) is 0 Å². The predicted octanol–water partition coefficient (Wildman–Crippen LogP) is 4.14. The molecule has 130 valence electrons. The maximum atomic E-state index is 12.3. The predicted molar refractivity (Wildman–Crippen MR) is 97.1 cm³/mol. The summed E-state index contributed by atoms with van der Waals surface area (Å²) in [7, 11) is 0. The highest BCUT2D eigenvalue weighted by Gasteiger charge is 2.42. The number of benzene rings is 1. The number of anilines is 1. The molecular formula is C20H29N3O. The van der Waals surface area contributed by atoms with Crippen molar-refractivity contribution < 1.29 is 4.79 Å². The molecule has 3 fully saturated rings. The van der Waals surface area contributed by atoms with E-state index in [0.29, 0.717) is 18.1 Å². The van der Waals surface area contributed by atoms with Crippen LogP contribution in [0.5, 0.6) is 0 Å². The van der Waals surface area contributed by atoms with E-state index in [2.05, 4.69) is 15.5 Å². The molecule has 0 spiro atoms. The SMILES string of the molecule is O=C(Nc1ccccc1)NC1CC2CCCC(C1)N2C1CCCC1. The standard InChI is InChI=1S/C20H29N3O/c24-20(21-15-7-2-1-3-8-15)22-16-13-18-11-6-12-19(14-16)23(18)17-9-4-5-10-17/h1-3,7-8,16-19H,4-6,9-14H2,(H2,21,22,24). The second kappa shape index (κ2) is 7.14. The average molecular weight is 327 g/mol. The van der Waals surface area contributed by atoms with Crippen LogP contribution < -0.4 is 10.6 Å². The lowest BCUT2D eigenvalue weighted by Crippen LogP contribution is -2.59. The van der Waals surface area contributed by atoms with Crippen molar-refractivity contribution in [2.24, 2.45) is 0 Å². The van der Waals surface area contributed by atoms with E-state index in [9.17, 15) is 4.79 Å². The van der Waals surface area contributed by atoms with Crippen molar-refractivity contribution in [3.05, 3.63) is 30.3 Å². The molecule has 1 aromatic rings. The van der Waals surface area contributed by atoms with Crippen LogP contribution >= 0.6 is 0 Å². The summed E-state index contributed by atoms with van der Waals surface area (Å²) >= 11 is 0. The van der Waals surface area contributed by atoms with Gasteiger partial charge in [-0.25, -0.2) is 4.79 Å². The normalized spacial score (nSPS) is 30.9. The van der Waals surface area contributed by atoms with Gasteiger partial charge < -0.3 is 10.6 Å². The molecule has 0 aromatic heterocycles. The Morgan fingerprint density at radius 1 is 0.875 bits per heavy atom. The maximum absolute atomic E-state index is 12.3. The molecule has 4 rings (SSSR count). The first-order valence-corrected chi connectivity index (χ1v) is 9.69. The third kappa shape index (κ3) is 3.44. The molecule has 24 heavy (non-hydrogen) atoms. The number of urea groups is 1. The molecule has 0 radical (unpaired) electrons. The maximum Gasteiger partial charge on any atom is 0.319 e.